The maximum absolute atomic E-state index is 11.9. The third-order valence-corrected chi connectivity index (χ3v) is 3.88. The van der Waals surface area contributed by atoms with E-state index in [1.54, 1.807) is 0 Å². The summed E-state index contributed by atoms with van der Waals surface area (Å²) in [5.74, 6) is 1.01. The number of carbonyl (C=O) groups excluding carboxylic acids is 1. The Morgan fingerprint density at radius 1 is 1.35 bits per heavy atom. The molecule has 1 amide bonds. The number of fused-ring (bicyclic) bond motifs is 1. The first kappa shape index (κ1) is 11.1. The number of hydrogen-bond donors (Lipinski definition) is 0. The van der Waals surface area contributed by atoms with E-state index in [4.69, 9.17) is 16.3 Å². The van der Waals surface area contributed by atoms with Crippen LogP contribution in [0.5, 0.6) is 0 Å². The minimum Gasteiger partial charge on any atom is -0.372 e. The number of carbonyl (C=O) groups is 1. The Labute approximate surface area is 105 Å². The molecule has 3 rings (SSSR count). The van der Waals surface area contributed by atoms with Crippen molar-refractivity contribution in [1.29, 1.82) is 0 Å². The highest BCUT2D eigenvalue weighted by Gasteiger charge is 2.30. The molecular formula is C13H14ClNO2. The van der Waals surface area contributed by atoms with Gasteiger partial charge < -0.3 is 9.64 Å². The molecule has 0 saturated carbocycles. The van der Waals surface area contributed by atoms with Crippen LogP contribution in [-0.2, 0) is 22.7 Å². The van der Waals surface area contributed by atoms with Crippen LogP contribution in [0.3, 0.4) is 0 Å². The number of anilines is 1. The minimum absolute atomic E-state index is 0.175. The fourth-order valence-corrected chi connectivity index (χ4v) is 2.67. The average molecular weight is 252 g/mol. The van der Waals surface area contributed by atoms with Gasteiger partial charge in [-0.3, -0.25) is 4.79 Å². The predicted octanol–water partition coefficient (Wildman–Crippen LogP) is 2.31. The quantitative estimate of drug-likeness (QED) is 0.755. The Morgan fingerprint density at radius 3 is 2.94 bits per heavy atom. The van der Waals surface area contributed by atoms with E-state index in [1.807, 2.05) is 11.0 Å². The van der Waals surface area contributed by atoms with E-state index in [0.29, 0.717) is 25.5 Å². The van der Waals surface area contributed by atoms with E-state index >= 15 is 0 Å². The topological polar surface area (TPSA) is 29.5 Å². The molecule has 0 bridgehead atoms. The van der Waals surface area contributed by atoms with Gasteiger partial charge in [0.15, 0.2) is 0 Å². The molecule has 0 aliphatic carbocycles. The van der Waals surface area contributed by atoms with Gasteiger partial charge in [-0.1, -0.05) is 6.07 Å². The Balaban J connectivity index is 1.87. The predicted molar refractivity (Wildman–Crippen MR) is 66.1 cm³/mol. The highest BCUT2D eigenvalue weighted by atomic mass is 35.5. The van der Waals surface area contributed by atoms with Crippen molar-refractivity contribution in [1.82, 2.24) is 0 Å². The zero-order valence-corrected chi connectivity index (χ0v) is 10.2. The van der Waals surface area contributed by atoms with Crippen LogP contribution in [0.4, 0.5) is 5.69 Å². The van der Waals surface area contributed by atoms with Crippen LogP contribution in [0, 0.1) is 5.92 Å². The zero-order valence-electron chi connectivity index (χ0n) is 9.49. The molecule has 3 nitrogen and oxygen atoms in total. The summed E-state index contributed by atoms with van der Waals surface area (Å²) in [5.41, 5.74) is 3.41. The van der Waals surface area contributed by atoms with Crippen molar-refractivity contribution in [3.63, 3.8) is 0 Å². The lowest BCUT2D eigenvalue weighted by molar-refractivity contribution is -0.117. The molecule has 90 valence electrons. The molecule has 2 aliphatic rings. The van der Waals surface area contributed by atoms with Gasteiger partial charge in [0.05, 0.1) is 13.2 Å². The van der Waals surface area contributed by atoms with Crippen LogP contribution in [0.2, 0.25) is 0 Å². The Morgan fingerprint density at radius 2 is 2.18 bits per heavy atom. The first-order valence-electron chi connectivity index (χ1n) is 5.84. The summed E-state index contributed by atoms with van der Waals surface area (Å²) in [7, 11) is 0. The number of amides is 1. The van der Waals surface area contributed by atoms with Gasteiger partial charge in [-0.15, -0.1) is 11.6 Å². The fraction of sp³-hybridized carbons (Fsp3) is 0.462. The summed E-state index contributed by atoms with van der Waals surface area (Å²) in [4.78, 5) is 13.7. The van der Waals surface area contributed by atoms with Gasteiger partial charge >= 0.3 is 0 Å². The second kappa shape index (κ2) is 4.31. The first-order chi connectivity index (χ1) is 8.28. The molecule has 1 aromatic rings. The molecular weight excluding hydrogens is 238 g/mol. The highest BCUT2D eigenvalue weighted by Crippen LogP contribution is 2.29. The lowest BCUT2D eigenvalue weighted by Crippen LogP contribution is -2.24. The second-order valence-electron chi connectivity index (χ2n) is 4.67. The minimum atomic E-state index is 0.175. The molecule has 1 unspecified atom stereocenters. The van der Waals surface area contributed by atoms with E-state index in [1.165, 1.54) is 11.1 Å². The summed E-state index contributed by atoms with van der Waals surface area (Å²) in [6.45, 7) is 2.08. The van der Waals surface area contributed by atoms with Gasteiger partial charge in [0, 0.05) is 24.5 Å². The van der Waals surface area contributed by atoms with E-state index in [2.05, 4.69) is 12.1 Å². The molecule has 0 radical (unpaired) electrons. The number of halogens is 1. The Kier molecular flexibility index (Phi) is 2.81. The molecule has 1 fully saturated rings. The van der Waals surface area contributed by atoms with Crippen molar-refractivity contribution in [2.75, 3.05) is 17.3 Å². The number of rotatable bonds is 2. The second-order valence-corrected chi connectivity index (χ2v) is 4.98. The molecule has 1 aromatic carbocycles. The maximum atomic E-state index is 11.9. The molecule has 4 heteroatoms. The maximum Gasteiger partial charge on any atom is 0.227 e. The molecule has 1 atom stereocenters. The van der Waals surface area contributed by atoms with Crippen molar-refractivity contribution in [3.05, 3.63) is 29.3 Å². The SMILES string of the molecule is O=C1CC(CCl)CN1c1ccc2c(c1)COC2. The van der Waals surface area contributed by atoms with Crippen LogP contribution in [0.15, 0.2) is 18.2 Å². The van der Waals surface area contributed by atoms with Gasteiger partial charge in [-0.25, -0.2) is 0 Å². The lowest BCUT2D eigenvalue weighted by Gasteiger charge is -2.17. The lowest BCUT2D eigenvalue weighted by atomic mass is 10.1. The van der Waals surface area contributed by atoms with Crippen molar-refractivity contribution >= 4 is 23.2 Å². The zero-order chi connectivity index (χ0) is 11.8. The number of nitrogens with zero attached hydrogens (tertiary/aromatic N) is 1. The molecule has 0 N–H and O–H groups in total. The summed E-state index contributed by atoms with van der Waals surface area (Å²) >= 11 is 5.82. The number of benzene rings is 1. The van der Waals surface area contributed by atoms with Crippen molar-refractivity contribution in [2.24, 2.45) is 5.92 Å². The Bertz CT molecular complexity index is 461. The average Bonchev–Trinajstić information content (AvgIpc) is 2.93. The first-order valence-corrected chi connectivity index (χ1v) is 6.37. The number of hydrogen-bond acceptors (Lipinski definition) is 2. The largest absolute Gasteiger partial charge is 0.372 e. The fourth-order valence-electron chi connectivity index (χ4n) is 2.46. The smallest absolute Gasteiger partial charge is 0.227 e. The van der Waals surface area contributed by atoms with E-state index < -0.39 is 0 Å². The van der Waals surface area contributed by atoms with Crippen LogP contribution in [0.1, 0.15) is 17.5 Å². The third-order valence-electron chi connectivity index (χ3n) is 3.44. The van der Waals surface area contributed by atoms with Gasteiger partial charge in [0.2, 0.25) is 5.91 Å². The number of alkyl halides is 1. The normalized spacial score (nSPS) is 23.2. The number of ether oxygens (including phenoxy) is 1. The van der Waals surface area contributed by atoms with Crippen LogP contribution in [-0.4, -0.2) is 18.3 Å². The third kappa shape index (κ3) is 1.94. The molecule has 0 aromatic heterocycles. The van der Waals surface area contributed by atoms with Crippen molar-refractivity contribution < 1.29 is 9.53 Å². The summed E-state index contributed by atoms with van der Waals surface area (Å²) in [6.07, 6.45) is 0.567. The summed E-state index contributed by atoms with van der Waals surface area (Å²) < 4.78 is 5.38. The van der Waals surface area contributed by atoms with E-state index in [-0.39, 0.29) is 11.8 Å². The van der Waals surface area contributed by atoms with E-state index in [9.17, 15) is 4.79 Å². The van der Waals surface area contributed by atoms with Gasteiger partial charge in [-0.2, -0.15) is 0 Å². The van der Waals surface area contributed by atoms with Gasteiger partial charge in [-0.05, 0) is 29.2 Å². The molecule has 1 saturated heterocycles. The molecule has 2 heterocycles. The summed E-state index contributed by atoms with van der Waals surface area (Å²) in [5, 5.41) is 0. The molecule has 0 spiro atoms. The van der Waals surface area contributed by atoms with Crippen molar-refractivity contribution in [2.45, 2.75) is 19.6 Å². The standard InChI is InChI=1S/C13H14ClNO2/c14-5-9-3-13(16)15(6-9)12-2-1-10-7-17-8-11(10)4-12/h1-2,4,9H,3,5-8H2. The monoisotopic (exact) mass is 251 g/mol. The van der Waals surface area contributed by atoms with Crippen LogP contribution >= 0.6 is 11.6 Å². The molecule has 17 heavy (non-hydrogen) atoms. The Hall–Kier alpha value is -1.06. The molecule has 2 aliphatic heterocycles. The summed E-state index contributed by atoms with van der Waals surface area (Å²) in [6, 6.07) is 6.12. The van der Waals surface area contributed by atoms with E-state index in [0.717, 1.165) is 12.2 Å². The highest BCUT2D eigenvalue weighted by molar-refractivity contribution is 6.18. The van der Waals surface area contributed by atoms with Crippen molar-refractivity contribution in [3.8, 4) is 0 Å². The van der Waals surface area contributed by atoms with Crippen LogP contribution < -0.4 is 4.90 Å². The van der Waals surface area contributed by atoms with Gasteiger partial charge in [0.25, 0.3) is 0 Å². The van der Waals surface area contributed by atoms with Crippen LogP contribution in [0.25, 0.3) is 0 Å². The van der Waals surface area contributed by atoms with Gasteiger partial charge in [0.1, 0.15) is 0 Å².